The first-order valence-electron chi connectivity index (χ1n) is 4.57. The summed E-state index contributed by atoms with van der Waals surface area (Å²) in [6.45, 7) is 0.971. The van der Waals surface area contributed by atoms with E-state index in [-0.39, 0.29) is 5.78 Å². The van der Waals surface area contributed by atoms with Crippen LogP contribution in [0.3, 0.4) is 0 Å². The van der Waals surface area contributed by atoms with E-state index < -0.39 is 0 Å². The highest BCUT2D eigenvalue weighted by Gasteiger charge is 2.21. The maximum absolute atomic E-state index is 11.5. The molecule has 0 aliphatic carbocycles. The van der Waals surface area contributed by atoms with Gasteiger partial charge in [0.2, 0.25) is 0 Å². The van der Waals surface area contributed by atoms with E-state index in [0.29, 0.717) is 24.7 Å². The number of aromatic nitrogens is 3. The van der Waals surface area contributed by atoms with E-state index in [9.17, 15) is 4.79 Å². The van der Waals surface area contributed by atoms with Crippen LogP contribution in [0.15, 0.2) is 23.1 Å². The van der Waals surface area contributed by atoms with E-state index in [0.717, 1.165) is 5.69 Å². The van der Waals surface area contributed by atoms with Crippen molar-refractivity contribution in [2.45, 2.75) is 6.54 Å². The second-order valence-electron chi connectivity index (χ2n) is 3.28. The molecular formula is C9H8N4O2. The van der Waals surface area contributed by atoms with Crippen molar-refractivity contribution in [2.75, 3.05) is 6.54 Å². The van der Waals surface area contributed by atoms with Gasteiger partial charge in [0.25, 0.3) is 0 Å². The maximum Gasteiger partial charge on any atom is 0.322 e. The number of carbonyl (C=O) groups is 1. The molecule has 76 valence electrons. The first-order chi connectivity index (χ1) is 7.34. The van der Waals surface area contributed by atoms with Crippen molar-refractivity contribution >= 4 is 5.78 Å². The van der Waals surface area contributed by atoms with Gasteiger partial charge in [-0.2, -0.15) is 9.78 Å². The number of nitrogens with one attached hydrogen (secondary N) is 1. The van der Waals surface area contributed by atoms with E-state index >= 15 is 0 Å². The minimum Gasteiger partial charge on any atom is -0.431 e. The molecule has 2 aromatic heterocycles. The SMILES string of the molecule is O=C1CNCc2nn(-c3ncco3)cc21. The van der Waals surface area contributed by atoms with Gasteiger partial charge in [0.05, 0.1) is 24.0 Å². The second kappa shape index (κ2) is 3.03. The van der Waals surface area contributed by atoms with Crippen LogP contribution in [-0.4, -0.2) is 27.1 Å². The van der Waals surface area contributed by atoms with Gasteiger partial charge in [0, 0.05) is 12.7 Å². The number of ketones is 1. The van der Waals surface area contributed by atoms with Gasteiger partial charge in [-0.05, 0) is 0 Å². The van der Waals surface area contributed by atoms with Crippen LogP contribution in [0, 0.1) is 0 Å². The Kier molecular flexibility index (Phi) is 1.69. The number of nitrogens with zero attached hydrogens (tertiary/aromatic N) is 3. The number of hydrogen-bond acceptors (Lipinski definition) is 5. The van der Waals surface area contributed by atoms with Crippen LogP contribution in [0.4, 0.5) is 0 Å². The molecule has 0 fully saturated rings. The summed E-state index contributed by atoms with van der Waals surface area (Å²) in [5, 5.41) is 7.19. The van der Waals surface area contributed by atoms with Crippen molar-refractivity contribution in [3.8, 4) is 6.01 Å². The van der Waals surface area contributed by atoms with Crippen LogP contribution in [0.1, 0.15) is 16.1 Å². The number of carbonyl (C=O) groups excluding carboxylic acids is 1. The van der Waals surface area contributed by atoms with Crippen LogP contribution in [0.2, 0.25) is 0 Å². The Morgan fingerprint density at radius 2 is 2.40 bits per heavy atom. The topological polar surface area (TPSA) is 73.0 Å². The van der Waals surface area contributed by atoms with Crippen molar-refractivity contribution in [1.29, 1.82) is 0 Å². The van der Waals surface area contributed by atoms with Crippen molar-refractivity contribution in [1.82, 2.24) is 20.1 Å². The third kappa shape index (κ3) is 1.26. The smallest absolute Gasteiger partial charge is 0.322 e. The first kappa shape index (κ1) is 8.37. The third-order valence-corrected chi connectivity index (χ3v) is 2.28. The molecule has 6 heteroatoms. The molecule has 0 radical (unpaired) electrons. The molecule has 3 heterocycles. The van der Waals surface area contributed by atoms with E-state index in [1.807, 2.05) is 0 Å². The summed E-state index contributed by atoms with van der Waals surface area (Å²) in [6, 6.07) is 0.372. The summed E-state index contributed by atoms with van der Waals surface area (Å²) in [7, 11) is 0. The highest BCUT2D eigenvalue weighted by atomic mass is 16.4. The van der Waals surface area contributed by atoms with E-state index in [1.54, 1.807) is 6.20 Å². The number of fused-ring (bicyclic) bond motifs is 1. The Balaban J connectivity index is 2.09. The molecular weight excluding hydrogens is 196 g/mol. The largest absolute Gasteiger partial charge is 0.431 e. The molecule has 3 rings (SSSR count). The monoisotopic (exact) mass is 204 g/mol. The van der Waals surface area contributed by atoms with Crippen LogP contribution in [0.5, 0.6) is 0 Å². The molecule has 1 N–H and O–H groups in total. The van der Waals surface area contributed by atoms with Gasteiger partial charge >= 0.3 is 6.01 Å². The van der Waals surface area contributed by atoms with E-state index in [1.165, 1.54) is 17.1 Å². The Morgan fingerprint density at radius 3 is 3.13 bits per heavy atom. The summed E-state index contributed by atoms with van der Waals surface area (Å²) in [5.41, 5.74) is 1.39. The molecule has 6 nitrogen and oxygen atoms in total. The van der Waals surface area contributed by atoms with Gasteiger partial charge in [-0.15, -0.1) is 0 Å². The maximum atomic E-state index is 11.5. The quantitative estimate of drug-likeness (QED) is 0.715. The minimum absolute atomic E-state index is 0.0501. The average Bonchev–Trinajstić information content (AvgIpc) is 2.86. The molecule has 0 aromatic carbocycles. The lowest BCUT2D eigenvalue weighted by atomic mass is 10.1. The summed E-state index contributed by atoms with van der Waals surface area (Å²) >= 11 is 0. The predicted octanol–water partition coefficient (Wildman–Crippen LogP) is 0.146. The van der Waals surface area contributed by atoms with Gasteiger partial charge in [-0.1, -0.05) is 0 Å². The van der Waals surface area contributed by atoms with Crippen molar-refractivity contribution in [2.24, 2.45) is 0 Å². The Morgan fingerprint density at radius 1 is 1.47 bits per heavy atom. The fourth-order valence-electron chi connectivity index (χ4n) is 1.59. The molecule has 1 aliphatic heterocycles. The zero-order chi connectivity index (χ0) is 10.3. The second-order valence-corrected chi connectivity index (χ2v) is 3.28. The molecule has 0 saturated heterocycles. The standard InChI is InChI=1S/C9H8N4O2/c14-8-4-10-3-7-6(8)5-13(12-7)9-11-1-2-15-9/h1-2,5,10H,3-4H2. The van der Waals surface area contributed by atoms with E-state index in [2.05, 4.69) is 15.4 Å². The summed E-state index contributed by atoms with van der Waals surface area (Å²) < 4.78 is 6.57. The molecule has 0 spiro atoms. The molecule has 15 heavy (non-hydrogen) atoms. The van der Waals surface area contributed by atoms with Crippen molar-refractivity contribution < 1.29 is 9.21 Å². The predicted molar refractivity (Wildman–Crippen MR) is 49.7 cm³/mol. The number of oxazole rings is 1. The van der Waals surface area contributed by atoms with Crippen LogP contribution in [-0.2, 0) is 6.54 Å². The minimum atomic E-state index is 0.0501. The van der Waals surface area contributed by atoms with Gasteiger partial charge < -0.3 is 9.73 Å². The van der Waals surface area contributed by atoms with Crippen LogP contribution >= 0.6 is 0 Å². The Labute approximate surface area is 84.9 Å². The van der Waals surface area contributed by atoms with Crippen LogP contribution < -0.4 is 5.32 Å². The Hall–Kier alpha value is -1.95. The fourth-order valence-corrected chi connectivity index (χ4v) is 1.59. The molecule has 0 atom stereocenters. The van der Waals surface area contributed by atoms with Gasteiger partial charge in [0.15, 0.2) is 5.78 Å². The fraction of sp³-hybridized carbons (Fsp3) is 0.222. The Bertz CT molecular complexity index is 500. The lowest BCUT2D eigenvalue weighted by Crippen LogP contribution is -2.29. The highest BCUT2D eigenvalue weighted by Crippen LogP contribution is 2.14. The average molecular weight is 204 g/mol. The van der Waals surface area contributed by atoms with Gasteiger partial charge in [-0.25, -0.2) is 4.98 Å². The lowest BCUT2D eigenvalue weighted by Gasteiger charge is -2.08. The summed E-state index contributed by atoms with van der Waals surface area (Å²) in [5.74, 6) is 0.0501. The molecule has 1 aliphatic rings. The molecule has 0 unspecified atom stereocenters. The summed E-state index contributed by atoms with van der Waals surface area (Å²) in [4.78, 5) is 15.5. The molecule has 2 aromatic rings. The number of hydrogen-bond donors (Lipinski definition) is 1. The zero-order valence-corrected chi connectivity index (χ0v) is 7.80. The first-order valence-corrected chi connectivity index (χ1v) is 4.57. The van der Waals surface area contributed by atoms with Crippen LogP contribution in [0.25, 0.3) is 6.01 Å². The zero-order valence-electron chi connectivity index (χ0n) is 7.80. The lowest BCUT2D eigenvalue weighted by molar-refractivity contribution is 0.0982. The van der Waals surface area contributed by atoms with Crippen molar-refractivity contribution in [3.05, 3.63) is 29.9 Å². The van der Waals surface area contributed by atoms with E-state index in [4.69, 9.17) is 4.42 Å². The molecule has 0 bridgehead atoms. The normalized spacial score (nSPS) is 15.3. The molecule has 0 amide bonds. The molecule has 0 saturated carbocycles. The van der Waals surface area contributed by atoms with Crippen molar-refractivity contribution in [3.63, 3.8) is 0 Å². The number of rotatable bonds is 1. The van der Waals surface area contributed by atoms with Gasteiger partial charge in [0.1, 0.15) is 6.26 Å². The van der Waals surface area contributed by atoms with Gasteiger partial charge in [-0.3, -0.25) is 4.79 Å². The summed E-state index contributed by atoms with van der Waals surface area (Å²) in [6.07, 6.45) is 4.66. The highest BCUT2D eigenvalue weighted by molar-refractivity contribution is 5.99. The third-order valence-electron chi connectivity index (χ3n) is 2.28. The number of Topliss-reactive ketones (excluding diaryl/α,β-unsaturated/α-hetero) is 1.